The van der Waals surface area contributed by atoms with Gasteiger partial charge in [-0.1, -0.05) is 181 Å². The van der Waals surface area contributed by atoms with E-state index in [1.807, 2.05) is 249 Å². The van der Waals surface area contributed by atoms with Crippen molar-refractivity contribution in [2.75, 3.05) is 34.0 Å². The predicted octanol–water partition coefficient (Wildman–Crippen LogP) is 22.8. The maximum Gasteiger partial charge on any atom is 0.347 e. The number of ether oxygens (including phenoxy) is 14. The fourth-order valence-electron chi connectivity index (χ4n) is 13.1. The molecule has 0 aliphatic carbocycles. The van der Waals surface area contributed by atoms with Crippen molar-refractivity contribution in [3.8, 4) is 69.0 Å². The first kappa shape index (κ1) is 95.7. The number of hydrogen-bond acceptors (Lipinski definition) is 23. The van der Waals surface area contributed by atoms with Crippen LogP contribution in [0.5, 0.6) is 69.0 Å². The number of rotatable bonds is 39. The molecular weight excluding hydrogens is 1770 g/mol. The minimum Gasteiger partial charge on any atom is -0.509 e. The lowest BCUT2D eigenvalue weighted by Gasteiger charge is -2.19. The SMILES string of the molecule is C=C(O)COc1c(Cl)cccc1COc1cccc(OCc2ccc3ccccc3n2)c1.COC(=O)CCC(Oc1ccccc1COc1ccc(OCc2ccc3ccccc3n2)cc1)C(=O)OC.O=C(O)COc1ccc(Cl)cc1COc1ccc(OCc2ccc3ccccc3n2)cc1.O=C(O)COc1ccc(Cl)cc1COc1cccc(OCc2ccc3ccccc3n2)c1. The van der Waals surface area contributed by atoms with Crippen molar-refractivity contribution in [3.63, 3.8) is 0 Å². The first-order valence-corrected chi connectivity index (χ1v) is 43.1. The number of aromatic nitrogens is 4. The minimum absolute atomic E-state index is 0.0281. The highest BCUT2D eigenvalue weighted by Gasteiger charge is 2.25. The zero-order valence-corrected chi connectivity index (χ0v) is 75.0. The third-order valence-electron chi connectivity index (χ3n) is 19.7. The smallest absolute Gasteiger partial charge is 0.347 e. The second-order valence-electron chi connectivity index (χ2n) is 29.5. The number of aliphatic hydroxyl groups is 1. The van der Waals surface area contributed by atoms with Crippen LogP contribution in [0.15, 0.2) is 334 Å². The minimum atomic E-state index is -1.06. The van der Waals surface area contributed by atoms with Crippen molar-refractivity contribution >= 4 is 102 Å². The summed E-state index contributed by atoms with van der Waals surface area (Å²) in [5.74, 6) is 3.79. The van der Waals surface area contributed by atoms with Gasteiger partial charge in [-0.05, 0) is 170 Å². The highest BCUT2D eigenvalue weighted by atomic mass is 35.5. The average molecular weight is 1860 g/mol. The molecule has 0 fully saturated rings. The molecule has 0 spiro atoms. The molecule has 0 bridgehead atoms. The summed E-state index contributed by atoms with van der Waals surface area (Å²) in [6, 6.07) is 99.5. The summed E-state index contributed by atoms with van der Waals surface area (Å²) in [5.41, 5.74) is 9.89. The number of halogens is 3. The van der Waals surface area contributed by atoms with E-state index in [-0.39, 0.29) is 51.6 Å². The van der Waals surface area contributed by atoms with Gasteiger partial charge >= 0.3 is 23.9 Å². The van der Waals surface area contributed by atoms with Crippen LogP contribution < -0.4 is 56.8 Å². The zero-order valence-electron chi connectivity index (χ0n) is 72.7. The third kappa shape index (κ3) is 29.9. The molecule has 25 nitrogen and oxygen atoms in total. The lowest BCUT2D eigenvalue weighted by Crippen LogP contribution is -2.30. The van der Waals surface area contributed by atoms with Gasteiger partial charge in [0.1, 0.15) is 134 Å². The number of benzene rings is 12. The highest BCUT2D eigenvalue weighted by molar-refractivity contribution is 6.32. The van der Waals surface area contributed by atoms with Crippen molar-refractivity contribution in [2.45, 2.75) is 71.8 Å². The van der Waals surface area contributed by atoms with Crippen molar-refractivity contribution in [1.82, 2.24) is 19.9 Å². The maximum atomic E-state index is 12.2. The summed E-state index contributed by atoms with van der Waals surface area (Å²) in [4.78, 5) is 63.8. The summed E-state index contributed by atoms with van der Waals surface area (Å²) in [6.07, 6.45) is -0.792. The van der Waals surface area contributed by atoms with Gasteiger partial charge in [0.25, 0.3) is 0 Å². The molecule has 12 aromatic carbocycles. The first-order valence-electron chi connectivity index (χ1n) is 42.0. The largest absolute Gasteiger partial charge is 0.509 e. The quantitative estimate of drug-likeness (QED) is 0.0238. The molecule has 4 aromatic heterocycles. The van der Waals surface area contributed by atoms with E-state index < -0.39 is 43.2 Å². The standard InChI is InChI=1S/C30H29NO7.C26H22ClNO4.2C25H20ClNO5/c1-34-29(32)18-17-28(30(33)35-2)38-27-10-6-4-8-22(27)19-36-24-13-15-25(16-14-24)37-20-23-12-11-21-7-3-5-9-26(21)31-23;1-18(29)15-32-26-20(7-4-10-24(26)27)16-30-22-8-5-9-23(14-22)31-17-21-13-12-19-6-2-3-11-25(19)28-21;26-19-9-11-24(32-16-25(28)29)18(12-19)14-30-21-5-3-6-22(13-21)31-15-20-10-8-17-4-1-2-7-23(17)27-20;26-19-6-12-24(32-16-25(28)29)18(13-19)14-30-21-8-10-22(11-9-21)31-15-20-7-5-17-3-1-2-4-23(17)27-20/h3-16,28H,17-20H2,1-2H3;2-14,29H,1,15-17H2;2*1-13H,14-16H2,(H,28,29). The van der Waals surface area contributed by atoms with E-state index in [0.717, 1.165) is 77.5 Å². The molecule has 0 amide bonds. The Hall–Kier alpha value is -15.8. The van der Waals surface area contributed by atoms with Crippen LogP contribution in [-0.2, 0) is 81.5 Å². The number of hydrogen-bond donors (Lipinski definition) is 3. The van der Waals surface area contributed by atoms with E-state index >= 15 is 0 Å². The molecule has 134 heavy (non-hydrogen) atoms. The van der Waals surface area contributed by atoms with Crippen molar-refractivity contribution in [1.29, 1.82) is 0 Å². The summed E-state index contributed by atoms with van der Waals surface area (Å²) in [5, 5.41) is 32.8. The Bertz CT molecular complexity index is 6540. The van der Waals surface area contributed by atoms with E-state index in [2.05, 4.69) is 31.3 Å². The highest BCUT2D eigenvalue weighted by Crippen LogP contribution is 2.34. The summed E-state index contributed by atoms with van der Waals surface area (Å²) in [6.45, 7) is 4.69. The summed E-state index contributed by atoms with van der Waals surface area (Å²) >= 11 is 18.4. The normalized spacial score (nSPS) is 10.9. The monoisotopic (exact) mass is 1860 g/mol. The number of carboxylic acids is 2. The van der Waals surface area contributed by atoms with Crippen LogP contribution >= 0.6 is 34.8 Å². The number of carboxylic acid groups (broad SMARTS) is 2. The van der Waals surface area contributed by atoms with Gasteiger partial charge in [-0.2, -0.15) is 0 Å². The number of aliphatic carboxylic acids is 2. The van der Waals surface area contributed by atoms with Gasteiger partial charge in [0.05, 0.1) is 64.1 Å². The van der Waals surface area contributed by atoms with Crippen LogP contribution in [0.3, 0.4) is 0 Å². The molecule has 1 unspecified atom stereocenters. The van der Waals surface area contributed by atoms with E-state index in [4.69, 9.17) is 107 Å². The van der Waals surface area contributed by atoms with Crippen LogP contribution in [0.4, 0.5) is 0 Å². The molecule has 16 aromatic rings. The molecule has 3 N–H and O–H groups in total. The average Bonchev–Trinajstić information content (AvgIpc) is 0.846. The van der Waals surface area contributed by atoms with Gasteiger partial charge in [-0.15, -0.1) is 0 Å². The Morgan fingerprint density at radius 2 is 0.657 bits per heavy atom. The van der Waals surface area contributed by atoms with Crippen LogP contribution in [0.25, 0.3) is 43.6 Å². The number of fused-ring (bicyclic) bond motifs is 4. The molecule has 16 rings (SSSR count). The molecule has 28 heteroatoms. The lowest BCUT2D eigenvalue weighted by atomic mass is 10.1. The number of pyridine rings is 4. The molecular formula is C106H91Cl3N4O21. The van der Waals surface area contributed by atoms with Crippen molar-refractivity contribution in [2.24, 2.45) is 0 Å². The number of para-hydroxylation sites is 6. The van der Waals surface area contributed by atoms with Crippen LogP contribution in [0.1, 0.15) is 57.9 Å². The molecule has 0 saturated carbocycles. The van der Waals surface area contributed by atoms with Gasteiger partial charge in [0.2, 0.25) is 0 Å². The van der Waals surface area contributed by atoms with Gasteiger partial charge in [0.15, 0.2) is 19.3 Å². The van der Waals surface area contributed by atoms with E-state index in [1.54, 1.807) is 72.8 Å². The van der Waals surface area contributed by atoms with Crippen LogP contribution in [0, 0.1) is 0 Å². The zero-order chi connectivity index (χ0) is 93.8. The molecule has 1 atom stereocenters. The third-order valence-corrected chi connectivity index (χ3v) is 20.5. The second-order valence-corrected chi connectivity index (χ2v) is 30.8. The molecule has 0 radical (unpaired) electrons. The second kappa shape index (κ2) is 49.3. The Balaban J connectivity index is 0.000000152. The molecule has 682 valence electrons. The van der Waals surface area contributed by atoms with E-state index in [0.29, 0.717) is 122 Å². The summed E-state index contributed by atoms with van der Waals surface area (Å²) in [7, 11) is 2.57. The van der Waals surface area contributed by atoms with Gasteiger partial charge in [-0.25, -0.2) is 34.3 Å². The van der Waals surface area contributed by atoms with Crippen molar-refractivity contribution in [3.05, 3.63) is 394 Å². The number of aliphatic hydroxyl groups excluding tert-OH is 1. The summed E-state index contributed by atoms with van der Waals surface area (Å²) < 4.78 is 78.7. The van der Waals surface area contributed by atoms with Gasteiger partial charge in [-0.3, -0.25) is 4.79 Å². The van der Waals surface area contributed by atoms with Crippen LogP contribution in [-0.4, -0.2) is 99.3 Å². The molecule has 0 aliphatic rings. The van der Waals surface area contributed by atoms with Gasteiger partial charge < -0.3 is 81.6 Å². The van der Waals surface area contributed by atoms with Crippen LogP contribution in [0.2, 0.25) is 15.1 Å². The Kier molecular flexibility index (Phi) is 35.2. The Morgan fingerprint density at radius 1 is 0.313 bits per heavy atom. The molecule has 0 saturated heterocycles. The fourth-order valence-corrected chi connectivity index (χ4v) is 13.7. The number of nitrogens with zero attached hydrogens (tertiary/aromatic N) is 4. The fraction of sp³-hybridized carbons (Fsp3) is 0.151. The first-order chi connectivity index (χ1) is 65.3. The van der Waals surface area contributed by atoms with Gasteiger partial charge in [0, 0.05) is 78.8 Å². The number of carbonyl (C=O) groups excluding carboxylic acids is 2. The van der Waals surface area contributed by atoms with E-state index in [9.17, 15) is 24.3 Å². The molecule has 0 aliphatic heterocycles. The number of methoxy groups -OCH3 is 2. The number of esters is 2. The Morgan fingerprint density at radius 3 is 1.04 bits per heavy atom. The predicted molar refractivity (Wildman–Crippen MR) is 509 cm³/mol. The van der Waals surface area contributed by atoms with Crippen molar-refractivity contribution < 1.29 is 101 Å². The molecule has 4 heterocycles. The number of carbonyl (C=O) groups is 4. The van der Waals surface area contributed by atoms with E-state index in [1.165, 1.54) is 14.2 Å². The Labute approximate surface area is 787 Å². The lowest BCUT2D eigenvalue weighted by molar-refractivity contribution is -0.150. The topological polar surface area (TPSA) is 310 Å². The maximum absolute atomic E-state index is 12.2.